The molecule has 0 radical (unpaired) electrons. The summed E-state index contributed by atoms with van der Waals surface area (Å²) in [5, 5.41) is 0. The molecule has 1 aromatic carbocycles. The number of aromatic nitrogens is 2. The van der Waals surface area contributed by atoms with E-state index in [-0.39, 0.29) is 11.3 Å². The summed E-state index contributed by atoms with van der Waals surface area (Å²) in [4.78, 5) is 26.7. The van der Waals surface area contributed by atoms with Crippen LogP contribution in [-0.4, -0.2) is 65.0 Å². The maximum Gasteiger partial charge on any atom is 0.257 e. The van der Waals surface area contributed by atoms with Crippen molar-refractivity contribution in [2.75, 3.05) is 39.3 Å². The number of hydrogen-bond acceptors (Lipinski definition) is 5. The fraction of sp³-hybridized carbons (Fsp3) is 0.621. The lowest BCUT2D eigenvalue weighted by molar-refractivity contribution is 0.0367. The molecule has 1 spiro atoms. The maximum absolute atomic E-state index is 13.3. The molecule has 1 saturated heterocycles. The van der Waals surface area contributed by atoms with Gasteiger partial charge in [0.15, 0.2) is 0 Å². The Morgan fingerprint density at radius 3 is 2.66 bits per heavy atom. The first-order valence-corrected chi connectivity index (χ1v) is 13.5. The van der Waals surface area contributed by atoms with E-state index < -0.39 is 0 Å². The molecule has 35 heavy (non-hydrogen) atoms. The Bertz CT molecular complexity index is 1030. The van der Waals surface area contributed by atoms with Crippen LogP contribution in [0.15, 0.2) is 30.5 Å². The van der Waals surface area contributed by atoms with E-state index in [0.29, 0.717) is 11.4 Å². The average molecular weight is 477 g/mol. The maximum atomic E-state index is 13.3. The number of ether oxygens (including phenoxy) is 1. The summed E-state index contributed by atoms with van der Waals surface area (Å²) in [7, 11) is 0. The van der Waals surface area contributed by atoms with Crippen molar-refractivity contribution in [3.8, 4) is 5.75 Å². The monoisotopic (exact) mass is 476 g/mol. The first kappa shape index (κ1) is 24.2. The zero-order valence-electron chi connectivity index (χ0n) is 21.5. The summed E-state index contributed by atoms with van der Waals surface area (Å²) in [6, 6.07) is 8.56. The number of nitrogens with zero attached hydrogens (tertiary/aromatic N) is 4. The van der Waals surface area contributed by atoms with Crippen LogP contribution in [0.3, 0.4) is 0 Å². The third-order valence-electron chi connectivity index (χ3n) is 8.25. The molecule has 6 nitrogen and oxygen atoms in total. The number of rotatable bonds is 3. The molecular weight excluding hydrogens is 436 g/mol. The summed E-state index contributed by atoms with van der Waals surface area (Å²) < 4.78 is 6.28. The Kier molecular flexibility index (Phi) is 7.37. The van der Waals surface area contributed by atoms with Gasteiger partial charge in [0.1, 0.15) is 18.2 Å². The van der Waals surface area contributed by atoms with E-state index in [0.717, 1.165) is 69.4 Å². The van der Waals surface area contributed by atoms with Gasteiger partial charge in [-0.25, -0.2) is 9.97 Å². The van der Waals surface area contributed by atoms with Crippen LogP contribution in [0.2, 0.25) is 0 Å². The highest BCUT2D eigenvalue weighted by atomic mass is 16.5. The number of likely N-dealkylation sites (tertiary alicyclic amines) is 1. The average Bonchev–Trinajstić information content (AvgIpc) is 3.66. The fourth-order valence-corrected chi connectivity index (χ4v) is 5.96. The van der Waals surface area contributed by atoms with Crippen LogP contribution < -0.4 is 4.74 Å². The number of piperidine rings is 1. The van der Waals surface area contributed by atoms with Crippen molar-refractivity contribution in [2.24, 2.45) is 11.3 Å². The quantitative estimate of drug-likeness (QED) is 0.635. The van der Waals surface area contributed by atoms with E-state index >= 15 is 0 Å². The lowest BCUT2D eigenvalue weighted by Gasteiger charge is -2.45. The van der Waals surface area contributed by atoms with E-state index in [4.69, 9.17) is 4.74 Å². The number of para-hydroxylation sites is 1. The Balaban J connectivity index is 1.28. The van der Waals surface area contributed by atoms with Gasteiger partial charge in [-0.3, -0.25) is 9.69 Å². The molecule has 2 aliphatic heterocycles. The fourth-order valence-electron chi connectivity index (χ4n) is 5.96. The topological polar surface area (TPSA) is 58.6 Å². The molecule has 6 heteroatoms. The number of aryl methyl sites for hydroxylation is 3. The molecule has 1 saturated carbocycles. The van der Waals surface area contributed by atoms with Gasteiger partial charge in [0.2, 0.25) is 0 Å². The van der Waals surface area contributed by atoms with Gasteiger partial charge in [-0.2, -0.15) is 0 Å². The van der Waals surface area contributed by atoms with Crippen molar-refractivity contribution in [1.82, 2.24) is 19.8 Å². The Labute approximate surface area is 210 Å². The molecule has 1 aliphatic carbocycles. The highest BCUT2D eigenvalue weighted by Gasteiger charge is 2.38. The first-order chi connectivity index (χ1) is 17.0. The molecule has 0 N–H and O–H groups in total. The minimum absolute atomic E-state index is 0.0883. The summed E-state index contributed by atoms with van der Waals surface area (Å²) >= 11 is 0. The highest BCUT2D eigenvalue weighted by molar-refractivity contribution is 5.95. The number of hydrogen-bond donors (Lipinski definition) is 0. The molecule has 2 fully saturated rings. The number of benzene rings is 1. The normalized spacial score (nSPS) is 21.5. The molecule has 5 rings (SSSR count). The largest absolute Gasteiger partial charge is 0.492 e. The van der Waals surface area contributed by atoms with E-state index in [2.05, 4.69) is 39.1 Å². The van der Waals surface area contributed by atoms with Gasteiger partial charge in [-0.05, 0) is 81.8 Å². The van der Waals surface area contributed by atoms with Crippen LogP contribution in [0.4, 0.5) is 0 Å². The molecule has 0 atom stereocenters. The number of carbonyl (C=O) groups excluding carboxylic acids is 1. The summed E-state index contributed by atoms with van der Waals surface area (Å²) in [6.45, 7) is 9.47. The first-order valence-electron chi connectivity index (χ1n) is 13.5. The number of amides is 1. The van der Waals surface area contributed by atoms with Gasteiger partial charge in [0, 0.05) is 38.9 Å². The second-order valence-corrected chi connectivity index (χ2v) is 11.1. The van der Waals surface area contributed by atoms with Crippen LogP contribution in [0.5, 0.6) is 5.75 Å². The lowest BCUT2D eigenvalue weighted by Crippen LogP contribution is -2.49. The highest BCUT2D eigenvalue weighted by Crippen LogP contribution is 2.40. The van der Waals surface area contributed by atoms with Gasteiger partial charge in [-0.1, -0.05) is 24.6 Å². The Hall–Kier alpha value is -2.47. The standard InChI is InChI=1S/C29H40N4O2/c1-22-26(19-30-23(2)31-22)28(34)33-15-13-29(14-16-33)12-6-5-8-25-7-3-4-9-27(25)35-18-17-32(21-29)20-24-10-11-24/h3-4,7,9,19,24H,5-6,8,10-18,20-21H2,1-2H3. The third-order valence-corrected chi connectivity index (χ3v) is 8.25. The zero-order valence-corrected chi connectivity index (χ0v) is 21.5. The van der Waals surface area contributed by atoms with E-state index in [1.807, 2.05) is 18.7 Å². The van der Waals surface area contributed by atoms with Crippen LogP contribution in [0, 0.1) is 25.2 Å². The summed E-state index contributed by atoms with van der Waals surface area (Å²) in [6.07, 6.45) is 11.3. The van der Waals surface area contributed by atoms with Crippen molar-refractivity contribution in [1.29, 1.82) is 0 Å². The lowest BCUT2D eigenvalue weighted by atomic mass is 9.73. The SMILES string of the molecule is Cc1ncc(C(=O)N2CCC3(CCCCc4ccccc4OCCN(CC4CC4)C3)CC2)c(C)n1. The third kappa shape index (κ3) is 6.03. The Morgan fingerprint density at radius 2 is 1.89 bits per heavy atom. The van der Waals surface area contributed by atoms with Gasteiger partial charge < -0.3 is 9.64 Å². The molecule has 2 aromatic rings. The molecule has 3 heterocycles. The molecule has 0 unspecified atom stereocenters. The molecule has 3 aliphatic rings. The van der Waals surface area contributed by atoms with Crippen LogP contribution in [0.1, 0.15) is 72.4 Å². The number of carbonyl (C=O) groups is 1. The minimum atomic E-state index is 0.0883. The van der Waals surface area contributed by atoms with Gasteiger partial charge >= 0.3 is 0 Å². The van der Waals surface area contributed by atoms with E-state index in [9.17, 15) is 4.79 Å². The van der Waals surface area contributed by atoms with Crippen molar-refractivity contribution in [3.05, 3.63) is 53.1 Å². The van der Waals surface area contributed by atoms with Crippen LogP contribution >= 0.6 is 0 Å². The van der Waals surface area contributed by atoms with Gasteiger partial charge in [0.25, 0.3) is 5.91 Å². The zero-order chi connectivity index (χ0) is 24.3. The van der Waals surface area contributed by atoms with Crippen molar-refractivity contribution < 1.29 is 9.53 Å². The number of fused-ring (bicyclic) bond motifs is 1. The van der Waals surface area contributed by atoms with Crippen molar-refractivity contribution in [3.63, 3.8) is 0 Å². The molecule has 188 valence electrons. The predicted molar refractivity (Wildman–Crippen MR) is 138 cm³/mol. The van der Waals surface area contributed by atoms with E-state index in [1.165, 1.54) is 44.2 Å². The van der Waals surface area contributed by atoms with E-state index in [1.54, 1.807) is 6.20 Å². The van der Waals surface area contributed by atoms with Gasteiger partial charge in [-0.15, -0.1) is 0 Å². The van der Waals surface area contributed by atoms with Crippen LogP contribution in [-0.2, 0) is 6.42 Å². The second kappa shape index (κ2) is 10.7. The minimum Gasteiger partial charge on any atom is -0.492 e. The molecular formula is C29H40N4O2. The predicted octanol–water partition coefficient (Wildman–Crippen LogP) is 4.83. The van der Waals surface area contributed by atoms with Gasteiger partial charge in [0.05, 0.1) is 11.3 Å². The Morgan fingerprint density at radius 1 is 1.09 bits per heavy atom. The van der Waals surface area contributed by atoms with Crippen molar-refractivity contribution >= 4 is 5.91 Å². The molecule has 0 bridgehead atoms. The van der Waals surface area contributed by atoms with Crippen molar-refractivity contribution in [2.45, 2.75) is 65.2 Å². The second-order valence-electron chi connectivity index (χ2n) is 11.1. The summed E-state index contributed by atoms with van der Waals surface area (Å²) in [5.41, 5.74) is 3.05. The smallest absolute Gasteiger partial charge is 0.257 e. The molecule has 1 amide bonds. The summed E-state index contributed by atoms with van der Waals surface area (Å²) in [5.74, 6) is 2.73. The molecule has 1 aromatic heterocycles. The van der Waals surface area contributed by atoms with Crippen LogP contribution in [0.25, 0.3) is 0 Å².